The van der Waals surface area contributed by atoms with E-state index < -0.39 is 5.54 Å². The normalized spacial score (nSPS) is 10.7. The van der Waals surface area contributed by atoms with E-state index in [4.69, 9.17) is 5.73 Å². The fourth-order valence-electron chi connectivity index (χ4n) is 0.742. The Labute approximate surface area is 77.6 Å². The van der Waals surface area contributed by atoms with E-state index in [1.165, 1.54) is 4.88 Å². The van der Waals surface area contributed by atoms with Crippen LogP contribution in [0.2, 0.25) is 0 Å². The van der Waals surface area contributed by atoms with Gasteiger partial charge in [-0.1, -0.05) is 11.8 Å². The summed E-state index contributed by atoms with van der Waals surface area (Å²) in [7, 11) is 0. The van der Waals surface area contributed by atoms with Crippen molar-refractivity contribution in [3.05, 3.63) is 21.9 Å². The Morgan fingerprint density at radius 1 is 1.50 bits per heavy atom. The van der Waals surface area contributed by atoms with Crippen molar-refractivity contribution in [2.45, 2.75) is 26.3 Å². The van der Waals surface area contributed by atoms with E-state index in [0.29, 0.717) is 0 Å². The van der Waals surface area contributed by atoms with Crippen LogP contribution in [-0.2, 0) is 0 Å². The summed E-state index contributed by atoms with van der Waals surface area (Å²) in [6, 6.07) is 2.07. The standard InChI is InChI=1S/C10H13NS/c1-8-6-9(7-12-8)4-5-10(2,3)11/h6-7H,11H2,1-3H3. The minimum atomic E-state index is -0.393. The number of hydrogen-bond acceptors (Lipinski definition) is 2. The molecule has 0 saturated heterocycles. The van der Waals surface area contributed by atoms with Crippen LogP contribution in [0.1, 0.15) is 24.3 Å². The first-order valence-corrected chi connectivity index (χ1v) is 4.72. The van der Waals surface area contributed by atoms with Crippen molar-refractivity contribution in [2.75, 3.05) is 0 Å². The van der Waals surface area contributed by atoms with Crippen LogP contribution in [0.15, 0.2) is 11.4 Å². The summed E-state index contributed by atoms with van der Waals surface area (Å²) < 4.78 is 0. The lowest BCUT2D eigenvalue weighted by Gasteiger charge is -2.06. The lowest BCUT2D eigenvalue weighted by atomic mass is 10.1. The lowest BCUT2D eigenvalue weighted by molar-refractivity contribution is 0.680. The van der Waals surface area contributed by atoms with Crippen molar-refractivity contribution >= 4 is 11.3 Å². The van der Waals surface area contributed by atoms with Crippen molar-refractivity contribution in [3.63, 3.8) is 0 Å². The molecule has 1 aromatic rings. The molecule has 0 radical (unpaired) electrons. The third-order valence-corrected chi connectivity index (χ3v) is 2.12. The fraction of sp³-hybridized carbons (Fsp3) is 0.400. The summed E-state index contributed by atoms with van der Waals surface area (Å²) in [5, 5.41) is 2.05. The van der Waals surface area contributed by atoms with Crippen LogP contribution in [-0.4, -0.2) is 5.54 Å². The molecule has 0 unspecified atom stereocenters. The smallest absolute Gasteiger partial charge is 0.0722 e. The summed E-state index contributed by atoms with van der Waals surface area (Å²) in [6.45, 7) is 5.88. The first-order chi connectivity index (χ1) is 5.47. The van der Waals surface area contributed by atoms with Crippen LogP contribution in [0.3, 0.4) is 0 Å². The molecule has 1 aromatic heterocycles. The van der Waals surface area contributed by atoms with E-state index in [1.54, 1.807) is 11.3 Å². The molecule has 1 rings (SSSR count). The van der Waals surface area contributed by atoms with E-state index in [9.17, 15) is 0 Å². The van der Waals surface area contributed by atoms with Crippen LogP contribution in [0, 0.1) is 18.8 Å². The molecule has 0 aliphatic heterocycles. The Morgan fingerprint density at radius 2 is 2.17 bits per heavy atom. The Morgan fingerprint density at radius 3 is 2.58 bits per heavy atom. The van der Waals surface area contributed by atoms with Crippen molar-refractivity contribution < 1.29 is 0 Å². The third-order valence-electron chi connectivity index (χ3n) is 1.26. The minimum Gasteiger partial charge on any atom is -0.316 e. The van der Waals surface area contributed by atoms with Crippen molar-refractivity contribution in [1.29, 1.82) is 0 Å². The Balaban J connectivity index is 2.80. The fourth-order valence-corrected chi connectivity index (χ4v) is 1.38. The first-order valence-electron chi connectivity index (χ1n) is 3.84. The van der Waals surface area contributed by atoms with Gasteiger partial charge in [0.15, 0.2) is 0 Å². The van der Waals surface area contributed by atoms with Gasteiger partial charge in [0, 0.05) is 15.8 Å². The maximum absolute atomic E-state index is 5.72. The maximum Gasteiger partial charge on any atom is 0.0722 e. The molecule has 0 aliphatic rings. The molecule has 0 atom stereocenters. The average molecular weight is 179 g/mol. The molecule has 2 N–H and O–H groups in total. The predicted molar refractivity (Wildman–Crippen MR) is 54.2 cm³/mol. The predicted octanol–water partition coefficient (Wildman–Crippen LogP) is 2.15. The summed E-state index contributed by atoms with van der Waals surface area (Å²) in [5.41, 5.74) is 6.39. The quantitative estimate of drug-likeness (QED) is 0.607. The monoisotopic (exact) mass is 179 g/mol. The summed E-state index contributed by atoms with van der Waals surface area (Å²) in [5.74, 6) is 6.03. The van der Waals surface area contributed by atoms with Gasteiger partial charge in [-0.2, -0.15) is 0 Å². The molecule has 0 bridgehead atoms. The molecular weight excluding hydrogens is 166 g/mol. The van der Waals surface area contributed by atoms with Gasteiger partial charge in [0.2, 0.25) is 0 Å². The molecule has 0 amide bonds. The van der Waals surface area contributed by atoms with Crippen LogP contribution in [0.25, 0.3) is 0 Å². The van der Waals surface area contributed by atoms with E-state index in [0.717, 1.165) is 5.56 Å². The Bertz CT molecular complexity index is 320. The largest absolute Gasteiger partial charge is 0.316 e. The lowest BCUT2D eigenvalue weighted by Crippen LogP contribution is -2.29. The van der Waals surface area contributed by atoms with Gasteiger partial charge in [-0.25, -0.2) is 0 Å². The molecule has 0 aliphatic carbocycles. The van der Waals surface area contributed by atoms with Gasteiger partial charge in [-0.05, 0) is 26.8 Å². The minimum absolute atomic E-state index is 0.393. The highest BCUT2D eigenvalue weighted by Crippen LogP contribution is 2.11. The number of rotatable bonds is 0. The van der Waals surface area contributed by atoms with Crippen LogP contribution in [0.5, 0.6) is 0 Å². The van der Waals surface area contributed by atoms with E-state index in [-0.39, 0.29) is 0 Å². The van der Waals surface area contributed by atoms with Gasteiger partial charge in [0.1, 0.15) is 0 Å². The van der Waals surface area contributed by atoms with Crippen LogP contribution in [0.4, 0.5) is 0 Å². The van der Waals surface area contributed by atoms with Gasteiger partial charge in [0.25, 0.3) is 0 Å². The number of hydrogen-bond donors (Lipinski definition) is 1. The van der Waals surface area contributed by atoms with Crippen molar-refractivity contribution in [3.8, 4) is 11.8 Å². The molecule has 0 fully saturated rings. The molecular formula is C10H13NS. The zero-order valence-corrected chi connectivity index (χ0v) is 8.46. The molecule has 2 heteroatoms. The zero-order valence-electron chi connectivity index (χ0n) is 7.64. The van der Waals surface area contributed by atoms with Crippen molar-refractivity contribution in [1.82, 2.24) is 0 Å². The highest BCUT2D eigenvalue weighted by molar-refractivity contribution is 7.10. The topological polar surface area (TPSA) is 26.0 Å². The van der Waals surface area contributed by atoms with E-state index >= 15 is 0 Å². The first kappa shape index (κ1) is 9.31. The average Bonchev–Trinajstić information content (AvgIpc) is 2.30. The van der Waals surface area contributed by atoms with E-state index in [1.807, 2.05) is 19.2 Å². The molecule has 1 heterocycles. The Hall–Kier alpha value is -0.780. The van der Waals surface area contributed by atoms with E-state index in [2.05, 4.69) is 24.8 Å². The summed E-state index contributed by atoms with van der Waals surface area (Å²) in [6.07, 6.45) is 0. The molecule has 0 aromatic carbocycles. The SMILES string of the molecule is Cc1cc(C#CC(C)(C)N)cs1. The second-order valence-electron chi connectivity index (χ2n) is 3.42. The molecule has 0 saturated carbocycles. The van der Waals surface area contributed by atoms with Gasteiger partial charge >= 0.3 is 0 Å². The number of thiophene rings is 1. The highest BCUT2D eigenvalue weighted by atomic mass is 32.1. The maximum atomic E-state index is 5.72. The zero-order chi connectivity index (χ0) is 9.19. The van der Waals surface area contributed by atoms with Gasteiger partial charge in [-0.3, -0.25) is 0 Å². The second-order valence-corrected chi connectivity index (χ2v) is 4.53. The second kappa shape index (κ2) is 3.30. The third kappa shape index (κ3) is 3.08. The van der Waals surface area contributed by atoms with Crippen LogP contribution >= 0.6 is 11.3 Å². The number of nitrogens with two attached hydrogens (primary N) is 1. The van der Waals surface area contributed by atoms with Crippen LogP contribution < -0.4 is 5.73 Å². The van der Waals surface area contributed by atoms with Gasteiger partial charge in [-0.15, -0.1) is 11.3 Å². The van der Waals surface area contributed by atoms with Crippen molar-refractivity contribution in [2.24, 2.45) is 5.73 Å². The highest BCUT2D eigenvalue weighted by Gasteiger charge is 2.03. The summed E-state index contributed by atoms with van der Waals surface area (Å²) >= 11 is 1.71. The molecule has 64 valence electrons. The number of aryl methyl sites for hydroxylation is 1. The van der Waals surface area contributed by atoms with Gasteiger partial charge < -0.3 is 5.73 Å². The van der Waals surface area contributed by atoms with Gasteiger partial charge in [0.05, 0.1) is 5.54 Å². The molecule has 12 heavy (non-hydrogen) atoms. The summed E-state index contributed by atoms with van der Waals surface area (Å²) in [4.78, 5) is 1.29. The Kier molecular flexibility index (Phi) is 2.56. The molecule has 0 spiro atoms. The molecule has 1 nitrogen and oxygen atoms in total.